The highest BCUT2D eigenvalue weighted by Crippen LogP contribution is 2.16. The molecule has 0 bridgehead atoms. The van der Waals surface area contributed by atoms with Gasteiger partial charge >= 0.3 is 0 Å². The predicted molar refractivity (Wildman–Crippen MR) is 94.5 cm³/mol. The number of carbonyl (C=O) groups is 1. The van der Waals surface area contributed by atoms with E-state index in [1.165, 1.54) is 0 Å². The first-order valence-electron chi connectivity index (χ1n) is 8.42. The Morgan fingerprint density at radius 3 is 2.48 bits per heavy atom. The van der Waals surface area contributed by atoms with Gasteiger partial charge < -0.3 is 14.7 Å². The van der Waals surface area contributed by atoms with Gasteiger partial charge in [-0.3, -0.25) is 9.69 Å². The van der Waals surface area contributed by atoms with Crippen LogP contribution in [-0.2, 0) is 0 Å². The van der Waals surface area contributed by atoms with Crippen molar-refractivity contribution in [2.24, 2.45) is 0 Å². The van der Waals surface area contributed by atoms with Crippen molar-refractivity contribution >= 4 is 5.91 Å². The topological polar surface area (TPSA) is 65.9 Å². The van der Waals surface area contributed by atoms with Crippen LogP contribution in [0.25, 0.3) is 0 Å². The fraction of sp³-hybridized carbons (Fsp3) is 0.368. The van der Waals surface area contributed by atoms with Crippen molar-refractivity contribution in [3.8, 4) is 5.88 Å². The lowest BCUT2D eigenvalue weighted by Gasteiger charge is -2.35. The summed E-state index contributed by atoms with van der Waals surface area (Å²) in [4.78, 5) is 20.6. The molecule has 1 aromatic heterocycles. The second kappa shape index (κ2) is 8.09. The van der Waals surface area contributed by atoms with Crippen molar-refractivity contribution in [2.75, 3.05) is 39.8 Å². The molecule has 6 nitrogen and oxygen atoms in total. The molecule has 0 spiro atoms. The molecule has 1 aromatic carbocycles. The van der Waals surface area contributed by atoms with E-state index < -0.39 is 6.10 Å². The fourth-order valence-electron chi connectivity index (χ4n) is 2.97. The smallest absolute Gasteiger partial charge is 0.255 e. The number of rotatable bonds is 5. The minimum absolute atomic E-state index is 0.0154. The van der Waals surface area contributed by atoms with Crippen LogP contribution in [0.4, 0.5) is 0 Å². The fourth-order valence-corrected chi connectivity index (χ4v) is 2.97. The number of pyridine rings is 1. The van der Waals surface area contributed by atoms with Gasteiger partial charge in [0.25, 0.3) is 5.91 Å². The minimum Gasteiger partial charge on any atom is -0.481 e. The van der Waals surface area contributed by atoms with Crippen molar-refractivity contribution in [1.82, 2.24) is 14.8 Å². The molecule has 0 aliphatic carbocycles. The molecule has 3 rings (SSSR count). The third-order valence-electron chi connectivity index (χ3n) is 4.47. The van der Waals surface area contributed by atoms with Crippen molar-refractivity contribution < 1.29 is 14.6 Å². The summed E-state index contributed by atoms with van der Waals surface area (Å²) in [6.45, 7) is 3.37. The monoisotopic (exact) mass is 341 g/mol. The number of nitrogens with zero attached hydrogens (tertiary/aromatic N) is 3. The summed E-state index contributed by atoms with van der Waals surface area (Å²) in [6, 6.07) is 13.1. The van der Waals surface area contributed by atoms with Crippen LogP contribution in [-0.4, -0.2) is 65.6 Å². The Balaban J connectivity index is 1.51. The highest BCUT2D eigenvalue weighted by Gasteiger charge is 2.24. The van der Waals surface area contributed by atoms with E-state index in [0.29, 0.717) is 31.1 Å². The first kappa shape index (κ1) is 17.4. The van der Waals surface area contributed by atoms with Crippen molar-refractivity contribution in [1.29, 1.82) is 0 Å². The molecule has 1 aliphatic heterocycles. The summed E-state index contributed by atoms with van der Waals surface area (Å²) in [5, 5.41) is 10.3. The highest BCUT2D eigenvalue weighted by molar-refractivity contribution is 5.94. The predicted octanol–water partition coefficient (Wildman–Crippen LogP) is 1.58. The van der Waals surface area contributed by atoms with Gasteiger partial charge in [0.05, 0.1) is 18.8 Å². The third-order valence-corrected chi connectivity index (χ3v) is 4.47. The molecular formula is C19H23N3O3. The molecule has 132 valence electrons. The van der Waals surface area contributed by atoms with Crippen molar-refractivity contribution in [2.45, 2.75) is 6.10 Å². The maximum atomic E-state index is 12.5. The second-order valence-electron chi connectivity index (χ2n) is 6.11. The summed E-state index contributed by atoms with van der Waals surface area (Å²) in [7, 11) is 1.55. The van der Waals surface area contributed by atoms with E-state index in [1.807, 2.05) is 35.2 Å². The molecule has 2 aromatic rings. The van der Waals surface area contributed by atoms with Crippen LogP contribution < -0.4 is 4.74 Å². The van der Waals surface area contributed by atoms with Crippen LogP contribution >= 0.6 is 0 Å². The zero-order valence-electron chi connectivity index (χ0n) is 14.3. The van der Waals surface area contributed by atoms with Crippen LogP contribution in [0, 0.1) is 0 Å². The zero-order chi connectivity index (χ0) is 17.6. The summed E-state index contributed by atoms with van der Waals surface area (Å²) in [5.74, 6) is 0.481. The number of hydrogen-bond acceptors (Lipinski definition) is 5. The first-order chi connectivity index (χ1) is 12.2. The van der Waals surface area contributed by atoms with Crippen LogP contribution in [0.3, 0.4) is 0 Å². The quantitative estimate of drug-likeness (QED) is 0.894. The van der Waals surface area contributed by atoms with Gasteiger partial charge in [-0.15, -0.1) is 0 Å². The lowest BCUT2D eigenvalue weighted by Crippen LogP contribution is -2.49. The van der Waals surface area contributed by atoms with Gasteiger partial charge in [0, 0.05) is 45.0 Å². The number of aromatic nitrogens is 1. The normalized spacial score (nSPS) is 16.5. The molecule has 2 heterocycles. The molecule has 0 saturated carbocycles. The van der Waals surface area contributed by atoms with E-state index in [1.54, 1.807) is 25.4 Å². The lowest BCUT2D eigenvalue weighted by atomic mass is 10.1. The maximum absolute atomic E-state index is 12.5. The van der Waals surface area contributed by atoms with Gasteiger partial charge in [-0.25, -0.2) is 4.98 Å². The highest BCUT2D eigenvalue weighted by atomic mass is 16.5. The number of hydrogen-bond donors (Lipinski definition) is 1. The van der Waals surface area contributed by atoms with Crippen molar-refractivity contribution in [3.63, 3.8) is 0 Å². The molecular weight excluding hydrogens is 318 g/mol. The Morgan fingerprint density at radius 2 is 1.88 bits per heavy atom. The number of aliphatic hydroxyl groups excluding tert-OH is 1. The molecule has 1 aliphatic rings. The number of ether oxygens (including phenoxy) is 1. The number of amides is 1. The Labute approximate surface area is 147 Å². The molecule has 1 saturated heterocycles. The van der Waals surface area contributed by atoms with E-state index in [2.05, 4.69) is 9.88 Å². The molecule has 25 heavy (non-hydrogen) atoms. The summed E-state index contributed by atoms with van der Waals surface area (Å²) in [6.07, 6.45) is 1.04. The first-order valence-corrected chi connectivity index (χ1v) is 8.42. The largest absolute Gasteiger partial charge is 0.481 e. The van der Waals surface area contributed by atoms with Crippen molar-refractivity contribution in [3.05, 3.63) is 59.8 Å². The van der Waals surface area contributed by atoms with E-state index >= 15 is 0 Å². The molecule has 0 unspecified atom stereocenters. The molecule has 1 amide bonds. The Bertz CT molecular complexity index is 683. The van der Waals surface area contributed by atoms with Gasteiger partial charge in [0.1, 0.15) is 0 Å². The zero-order valence-corrected chi connectivity index (χ0v) is 14.3. The molecule has 1 fully saturated rings. The number of piperazine rings is 1. The number of benzene rings is 1. The molecule has 0 radical (unpaired) electrons. The molecule has 1 atom stereocenters. The van der Waals surface area contributed by atoms with Gasteiger partial charge in [-0.2, -0.15) is 0 Å². The average Bonchev–Trinajstić information content (AvgIpc) is 2.69. The van der Waals surface area contributed by atoms with Gasteiger partial charge in [0.15, 0.2) is 0 Å². The SMILES string of the molecule is COc1ccc(C(=O)N2CCN(C[C@H](O)c3ccccc3)CC2)cn1. The second-order valence-corrected chi connectivity index (χ2v) is 6.11. The van der Waals surface area contributed by atoms with E-state index in [-0.39, 0.29) is 5.91 Å². The van der Waals surface area contributed by atoms with Gasteiger partial charge in [-0.05, 0) is 11.6 Å². The molecule has 6 heteroatoms. The third kappa shape index (κ3) is 4.35. The van der Waals surface area contributed by atoms with Crippen LogP contribution in [0.15, 0.2) is 48.7 Å². The van der Waals surface area contributed by atoms with E-state index in [4.69, 9.17) is 4.74 Å². The molecule has 1 N–H and O–H groups in total. The van der Waals surface area contributed by atoms with Crippen LogP contribution in [0.5, 0.6) is 5.88 Å². The maximum Gasteiger partial charge on any atom is 0.255 e. The van der Waals surface area contributed by atoms with Gasteiger partial charge in [0.2, 0.25) is 5.88 Å². The van der Waals surface area contributed by atoms with Crippen LogP contribution in [0.2, 0.25) is 0 Å². The number of aliphatic hydroxyl groups is 1. The Kier molecular flexibility index (Phi) is 5.63. The van der Waals surface area contributed by atoms with E-state index in [0.717, 1.165) is 18.7 Å². The Morgan fingerprint density at radius 1 is 1.16 bits per heavy atom. The standard InChI is InChI=1S/C19H23N3O3/c1-25-18-8-7-16(13-20-18)19(24)22-11-9-21(10-12-22)14-17(23)15-5-3-2-4-6-15/h2-8,13,17,23H,9-12,14H2,1H3/t17-/m0/s1. The average molecular weight is 341 g/mol. The Hall–Kier alpha value is -2.44. The number of β-amino-alcohol motifs (C(OH)–C–C–N with tert-alkyl or cyclic N) is 1. The van der Waals surface area contributed by atoms with Crippen LogP contribution in [0.1, 0.15) is 22.0 Å². The van der Waals surface area contributed by atoms with Gasteiger partial charge in [-0.1, -0.05) is 30.3 Å². The minimum atomic E-state index is -0.505. The van der Waals surface area contributed by atoms with E-state index in [9.17, 15) is 9.90 Å². The number of methoxy groups -OCH3 is 1. The summed E-state index contributed by atoms with van der Waals surface area (Å²) >= 11 is 0. The summed E-state index contributed by atoms with van der Waals surface area (Å²) < 4.78 is 5.02. The lowest BCUT2D eigenvalue weighted by molar-refractivity contribution is 0.0527. The number of carbonyl (C=O) groups excluding carboxylic acids is 1. The summed E-state index contributed by atoms with van der Waals surface area (Å²) in [5.41, 5.74) is 1.49.